The smallest absolute Gasteiger partial charge is 0.161 e. The molecular weight excluding hydrogens is 242 g/mol. The number of rotatable bonds is 9. The van der Waals surface area contributed by atoms with Crippen LogP contribution in [-0.4, -0.2) is 33.5 Å². The highest BCUT2D eigenvalue weighted by atomic mass is 16.5. The van der Waals surface area contributed by atoms with Crippen LogP contribution in [0.3, 0.4) is 0 Å². The highest BCUT2D eigenvalue weighted by Gasteiger charge is 2.20. The SMILES string of the molecule is COCCCOc1cc(CNC2CC2)ccc1OC. The highest BCUT2D eigenvalue weighted by molar-refractivity contribution is 5.43. The lowest BCUT2D eigenvalue weighted by Gasteiger charge is -2.12. The van der Waals surface area contributed by atoms with Gasteiger partial charge in [0.1, 0.15) is 0 Å². The van der Waals surface area contributed by atoms with E-state index in [9.17, 15) is 0 Å². The molecule has 0 radical (unpaired) electrons. The second kappa shape index (κ2) is 7.36. The molecular formula is C15H23NO3. The minimum atomic E-state index is 0.643. The first-order valence-corrected chi connectivity index (χ1v) is 6.85. The Kier molecular flexibility index (Phi) is 5.48. The number of ether oxygens (including phenoxy) is 3. The molecule has 1 N–H and O–H groups in total. The van der Waals surface area contributed by atoms with E-state index in [1.807, 2.05) is 6.07 Å². The molecule has 0 bridgehead atoms. The van der Waals surface area contributed by atoms with Crippen LogP contribution in [-0.2, 0) is 11.3 Å². The lowest BCUT2D eigenvalue weighted by Crippen LogP contribution is -2.15. The van der Waals surface area contributed by atoms with Gasteiger partial charge in [-0.3, -0.25) is 0 Å². The lowest BCUT2D eigenvalue weighted by atomic mass is 10.2. The lowest BCUT2D eigenvalue weighted by molar-refractivity contribution is 0.170. The molecule has 0 aromatic heterocycles. The number of benzene rings is 1. The molecule has 1 aliphatic rings. The molecule has 0 saturated heterocycles. The van der Waals surface area contributed by atoms with E-state index in [2.05, 4.69) is 17.4 Å². The van der Waals surface area contributed by atoms with Gasteiger partial charge in [-0.05, 0) is 30.5 Å². The van der Waals surface area contributed by atoms with Crippen molar-refractivity contribution in [3.63, 3.8) is 0 Å². The third-order valence-electron chi connectivity index (χ3n) is 3.15. The van der Waals surface area contributed by atoms with Crippen LogP contribution in [0, 0.1) is 0 Å². The molecule has 1 saturated carbocycles. The molecule has 0 unspecified atom stereocenters. The fourth-order valence-corrected chi connectivity index (χ4v) is 1.88. The van der Waals surface area contributed by atoms with Gasteiger partial charge in [0.25, 0.3) is 0 Å². The summed E-state index contributed by atoms with van der Waals surface area (Å²) in [6.45, 7) is 2.25. The summed E-state index contributed by atoms with van der Waals surface area (Å²) in [6, 6.07) is 6.82. The Morgan fingerprint density at radius 1 is 1.16 bits per heavy atom. The van der Waals surface area contributed by atoms with Gasteiger partial charge in [0, 0.05) is 32.7 Å². The van der Waals surface area contributed by atoms with Gasteiger partial charge >= 0.3 is 0 Å². The second-order valence-corrected chi connectivity index (χ2v) is 4.84. The molecule has 19 heavy (non-hydrogen) atoms. The van der Waals surface area contributed by atoms with E-state index in [1.54, 1.807) is 14.2 Å². The van der Waals surface area contributed by atoms with Crippen molar-refractivity contribution in [2.24, 2.45) is 0 Å². The third kappa shape index (κ3) is 4.73. The van der Waals surface area contributed by atoms with Gasteiger partial charge in [-0.15, -0.1) is 0 Å². The number of hydrogen-bond acceptors (Lipinski definition) is 4. The van der Waals surface area contributed by atoms with E-state index in [0.717, 1.165) is 24.5 Å². The maximum atomic E-state index is 5.76. The minimum Gasteiger partial charge on any atom is -0.493 e. The van der Waals surface area contributed by atoms with Crippen LogP contribution in [0.4, 0.5) is 0 Å². The van der Waals surface area contributed by atoms with E-state index in [0.29, 0.717) is 19.3 Å². The maximum Gasteiger partial charge on any atom is 0.161 e. The maximum absolute atomic E-state index is 5.76. The molecule has 4 heteroatoms. The number of methoxy groups -OCH3 is 2. The topological polar surface area (TPSA) is 39.7 Å². The molecule has 2 rings (SSSR count). The predicted octanol–water partition coefficient (Wildman–Crippen LogP) is 2.36. The quantitative estimate of drug-likeness (QED) is 0.696. The molecule has 0 atom stereocenters. The molecule has 0 heterocycles. The third-order valence-corrected chi connectivity index (χ3v) is 3.15. The summed E-state index contributed by atoms with van der Waals surface area (Å²) < 4.78 is 16.1. The van der Waals surface area contributed by atoms with Crippen molar-refractivity contribution >= 4 is 0 Å². The highest BCUT2D eigenvalue weighted by Crippen LogP contribution is 2.28. The van der Waals surface area contributed by atoms with Crippen LogP contribution in [0.25, 0.3) is 0 Å². The summed E-state index contributed by atoms with van der Waals surface area (Å²) in [5.74, 6) is 1.60. The molecule has 0 amide bonds. The van der Waals surface area contributed by atoms with Gasteiger partial charge < -0.3 is 19.5 Å². The van der Waals surface area contributed by atoms with Crippen molar-refractivity contribution < 1.29 is 14.2 Å². The van der Waals surface area contributed by atoms with Gasteiger partial charge in [0.05, 0.1) is 13.7 Å². The summed E-state index contributed by atoms with van der Waals surface area (Å²) in [7, 11) is 3.37. The van der Waals surface area contributed by atoms with Crippen molar-refractivity contribution in [2.75, 3.05) is 27.4 Å². The normalized spacial score (nSPS) is 14.4. The average molecular weight is 265 g/mol. The van der Waals surface area contributed by atoms with Crippen LogP contribution in [0.1, 0.15) is 24.8 Å². The van der Waals surface area contributed by atoms with Gasteiger partial charge in [0.15, 0.2) is 11.5 Å². The summed E-state index contributed by atoms with van der Waals surface area (Å²) in [6.07, 6.45) is 3.48. The van der Waals surface area contributed by atoms with Crippen LogP contribution in [0.2, 0.25) is 0 Å². The Hall–Kier alpha value is -1.26. The zero-order valence-electron chi connectivity index (χ0n) is 11.8. The van der Waals surface area contributed by atoms with Gasteiger partial charge in [-0.25, -0.2) is 0 Å². The van der Waals surface area contributed by atoms with E-state index in [4.69, 9.17) is 14.2 Å². The Morgan fingerprint density at radius 3 is 2.68 bits per heavy atom. The standard InChI is InChI=1S/C15H23NO3/c1-17-8-3-9-19-15-10-12(4-7-14(15)18-2)11-16-13-5-6-13/h4,7,10,13,16H,3,5-6,8-9,11H2,1-2H3. The van der Waals surface area contributed by atoms with Crippen LogP contribution in [0.15, 0.2) is 18.2 Å². The van der Waals surface area contributed by atoms with Gasteiger partial charge in [0.2, 0.25) is 0 Å². The van der Waals surface area contributed by atoms with Crippen LogP contribution >= 0.6 is 0 Å². The number of hydrogen-bond donors (Lipinski definition) is 1. The first-order valence-electron chi connectivity index (χ1n) is 6.85. The first-order chi connectivity index (χ1) is 9.33. The monoisotopic (exact) mass is 265 g/mol. The van der Waals surface area contributed by atoms with Crippen molar-refractivity contribution in [1.82, 2.24) is 5.32 Å². The van der Waals surface area contributed by atoms with E-state index in [-0.39, 0.29) is 0 Å². The molecule has 1 aromatic carbocycles. The molecule has 1 aromatic rings. The van der Waals surface area contributed by atoms with E-state index < -0.39 is 0 Å². The fourth-order valence-electron chi connectivity index (χ4n) is 1.88. The van der Waals surface area contributed by atoms with E-state index >= 15 is 0 Å². The first kappa shape index (κ1) is 14.2. The van der Waals surface area contributed by atoms with Crippen molar-refractivity contribution in [1.29, 1.82) is 0 Å². The molecule has 1 aliphatic carbocycles. The van der Waals surface area contributed by atoms with Gasteiger partial charge in [-0.1, -0.05) is 6.07 Å². The second-order valence-electron chi connectivity index (χ2n) is 4.84. The Balaban J connectivity index is 1.90. The number of nitrogens with one attached hydrogen (secondary N) is 1. The molecule has 1 fully saturated rings. The minimum absolute atomic E-state index is 0.643. The van der Waals surface area contributed by atoms with Crippen molar-refractivity contribution in [3.8, 4) is 11.5 Å². The predicted molar refractivity (Wildman–Crippen MR) is 74.8 cm³/mol. The fraction of sp³-hybridized carbons (Fsp3) is 0.600. The Bertz CT molecular complexity index is 391. The molecule has 0 aliphatic heterocycles. The zero-order valence-corrected chi connectivity index (χ0v) is 11.8. The van der Waals surface area contributed by atoms with Crippen LogP contribution in [0.5, 0.6) is 11.5 Å². The largest absolute Gasteiger partial charge is 0.493 e. The molecule has 106 valence electrons. The summed E-state index contributed by atoms with van der Waals surface area (Å²) in [5.41, 5.74) is 1.23. The molecule has 0 spiro atoms. The van der Waals surface area contributed by atoms with Crippen molar-refractivity contribution in [3.05, 3.63) is 23.8 Å². The summed E-state index contributed by atoms with van der Waals surface area (Å²) in [5, 5.41) is 3.50. The summed E-state index contributed by atoms with van der Waals surface area (Å²) >= 11 is 0. The Labute approximate surface area is 115 Å². The van der Waals surface area contributed by atoms with Gasteiger partial charge in [-0.2, -0.15) is 0 Å². The Morgan fingerprint density at radius 2 is 2.00 bits per heavy atom. The van der Waals surface area contributed by atoms with E-state index in [1.165, 1.54) is 18.4 Å². The van der Waals surface area contributed by atoms with Crippen LogP contribution < -0.4 is 14.8 Å². The average Bonchev–Trinajstić information content (AvgIpc) is 3.26. The summed E-state index contributed by atoms with van der Waals surface area (Å²) in [4.78, 5) is 0. The molecule has 4 nitrogen and oxygen atoms in total. The zero-order chi connectivity index (χ0) is 13.5. The van der Waals surface area contributed by atoms with Crippen molar-refractivity contribution in [2.45, 2.75) is 31.8 Å².